The summed E-state index contributed by atoms with van der Waals surface area (Å²) >= 11 is 1.52. The molecule has 0 aliphatic carbocycles. The molecule has 2 amide bonds. The first-order chi connectivity index (χ1) is 15.9. The van der Waals surface area contributed by atoms with Crippen molar-refractivity contribution in [3.05, 3.63) is 72.3 Å². The number of aromatic nitrogens is 2. The van der Waals surface area contributed by atoms with Crippen LogP contribution in [0.1, 0.15) is 22.5 Å². The average molecular weight is 467 g/mol. The Bertz CT molecular complexity index is 1130. The number of carbonyl (C=O) groups is 3. The number of hydrogen-bond donors (Lipinski definition) is 3. The van der Waals surface area contributed by atoms with Crippen molar-refractivity contribution in [3.8, 4) is 11.1 Å². The van der Waals surface area contributed by atoms with Gasteiger partial charge < -0.3 is 20.3 Å². The van der Waals surface area contributed by atoms with Crippen LogP contribution >= 0.6 is 11.8 Å². The van der Waals surface area contributed by atoms with Crippen molar-refractivity contribution in [1.29, 1.82) is 0 Å². The van der Waals surface area contributed by atoms with Crippen LogP contribution in [0.3, 0.4) is 0 Å². The summed E-state index contributed by atoms with van der Waals surface area (Å²) in [5.41, 5.74) is 2.89. The molecule has 3 aromatic rings. The highest BCUT2D eigenvalue weighted by molar-refractivity contribution is 7.98. The maximum Gasteiger partial charge on any atom is 0.326 e. The molecule has 0 radical (unpaired) electrons. The minimum Gasteiger partial charge on any atom is -0.480 e. The lowest BCUT2D eigenvalue weighted by atomic mass is 9.98. The summed E-state index contributed by atoms with van der Waals surface area (Å²) in [5, 5.41) is 14.9. The second-order valence-corrected chi connectivity index (χ2v) is 8.51. The van der Waals surface area contributed by atoms with Crippen LogP contribution in [0.25, 0.3) is 11.1 Å². The monoisotopic (exact) mass is 466 g/mol. The third-order valence-electron chi connectivity index (χ3n) is 4.95. The van der Waals surface area contributed by atoms with Crippen molar-refractivity contribution in [2.24, 2.45) is 7.05 Å². The normalized spacial score (nSPS) is 11.6. The maximum atomic E-state index is 13.0. The number of carboxylic acids is 1. The molecule has 0 fully saturated rings. The van der Waals surface area contributed by atoms with E-state index in [4.69, 9.17) is 0 Å². The zero-order chi connectivity index (χ0) is 23.8. The fourth-order valence-electron chi connectivity index (χ4n) is 3.33. The summed E-state index contributed by atoms with van der Waals surface area (Å²) in [4.78, 5) is 41.2. The fraction of sp³-hybridized carbons (Fsp3) is 0.250. The number of carbonyl (C=O) groups excluding carboxylic acids is 2. The molecule has 3 rings (SSSR count). The minimum atomic E-state index is -1.07. The van der Waals surface area contributed by atoms with Gasteiger partial charge in [0.1, 0.15) is 6.04 Å². The van der Waals surface area contributed by atoms with Gasteiger partial charge in [-0.1, -0.05) is 30.3 Å². The Balaban J connectivity index is 1.85. The van der Waals surface area contributed by atoms with Crippen LogP contribution in [0.4, 0.5) is 5.69 Å². The van der Waals surface area contributed by atoms with Crippen LogP contribution in [0.2, 0.25) is 0 Å². The Morgan fingerprint density at radius 3 is 2.55 bits per heavy atom. The van der Waals surface area contributed by atoms with E-state index < -0.39 is 17.9 Å². The number of aliphatic carboxylic acids is 1. The van der Waals surface area contributed by atoms with Gasteiger partial charge >= 0.3 is 5.97 Å². The number of anilines is 1. The van der Waals surface area contributed by atoms with Crippen molar-refractivity contribution in [3.63, 3.8) is 0 Å². The highest BCUT2D eigenvalue weighted by Gasteiger charge is 2.22. The molecule has 33 heavy (non-hydrogen) atoms. The lowest BCUT2D eigenvalue weighted by Gasteiger charge is -2.17. The van der Waals surface area contributed by atoms with Crippen molar-refractivity contribution in [2.75, 3.05) is 17.3 Å². The van der Waals surface area contributed by atoms with E-state index in [2.05, 4.69) is 15.6 Å². The van der Waals surface area contributed by atoms with Crippen LogP contribution < -0.4 is 10.6 Å². The van der Waals surface area contributed by atoms with Gasteiger partial charge in [0, 0.05) is 24.5 Å². The molecule has 172 valence electrons. The molecule has 0 unspecified atom stereocenters. The van der Waals surface area contributed by atoms with Gasteiger partial charge in [-0.05, 0) is 47.8 Å². The van der Waals surface area contributed by atoms with E-state index in [1.54, 1.807) is 35.3 Å². The number of nitrogens with zero attached hydrogens (tertiary/aromatic N) is 2. The van der Waals surface area contributed by atoms with E-state index in [0.717, 1.165) is 5.56 Å². The number of hydrogen-bond acceptors (Lipinski definition) is 5. The van der Waals surface area contributed by atoms with E-state index in [-0.39, 0.29) is 12.3 Å². The smallest absolute Gasteiger partial charge is 0.326 e. The third kappa shape index (κ3) is 6.69. The summed E-state index contributed by atoms with van der Waals surface area (Å²) in [6.07, 6.45) is 5.74. The molecule has 0 aliphatic heterocycles. The van der Waals surface area contributed by atoms with Gasteiger partial charge in [0.25, 0.3) is 5.91 Å². The standard InChI is InChI=1S/C24H26N4O4S/c1-28-14-18(25-15-28)13-22(29)26-17-8-9-19(20(12-17)16-6-4-3-5-7-16)23(30)27-21(24(31)32)10-11-33-2/h3-9,12,14-15,21H,10-11,13H2,1-2H3,(H,26,29)(H,27,30)(H,31,32)/t21-/m0/s1. The Morgan fingerprint density at radius 2 is 1.91 bits per heavy atom. The van der Waals surface area contributed by atoms with E-state index in [1.165, 1.54) is 11.8 Å². The SMILES string of the molecule is CSCC[C@H](NC(=O)c1ccc(NC(=O)Cc2cn(C)cn2)cc1-c1ccccc1)C(=O)O. The topological polar surface area (TPSA) is 113 Å². The van der Waals surface area contributed by atoms with Crippen molar-refractivity contribution < 1.29 is 19.5 Å². The lowest BCUT2D eigenvalue weighted by Crippen LogP contribution is -2.41. The van der Waals surface area contributed by atoms with E-state index in [0.29, 0.717) is 34.7 Å². The number of rotatable bonds is 10. The predicted molar refractivity (Wildman–Crippen MR) is 129 cm³/mol. The molecule has 0 bridgehead atoms. The van der Waals surface area contributed by atoms with Crippen molar-refractivity contribution in [2.45, 2.75) is 18.9 Å². The summed E-state index contributed by atoms with van der Waals surface area (Å²) in [5.74, 6) is -1.16. The second kappa shape index (κ2) is 11.3. The van der Waals surface area contributed by atoms with Gasteiger partial charge in [-0.3, -0.25) is 9.59 Å². The van der Waals surface area contributed by atoms with Gasteiger partial charge in [-0.15, -0.1) is 0 Å². The molecule has 8 nitrogen and oxygen atoms in total. The molecule has 9 heteroatoms. The Kier molecular flexibility index (Phi) is 8.26. The number of carboxylic acid groups (broad SMARTS) is 1. The highest BCUT2D eigenvalue weighted by Crippen LogP contribution is 2.27. The Morgan fingerprint density at radius 1 is 1.15 bits per heavy atom. The molecule has 1 heterocycles. The van der Waals surface area contributed by atoms with Crippen LogP contribution in [0.5, 0.6) is 0 Å². The van der Waals surface area contributed by atoms with Crippen molar-refractivity contribution >= 4 is 35.2 Å². The largest absolute Gasteiger partial charge is 0.480 e. The van der Waals surface area contributed by atoms with E-state index in [9.17, 15) is 19.5 Å². The Hall–Kier alpha value is -3.59. The highest BCUT2D eigenvalue weighted by atomic mass is 32.2. The number of thioether (sulfide) groups is 1. The van der Waals surface area contributed by atoms with Crippen molar-refractivity contribution in [1.82, 2.24) is 14.9 Å². The summed E-state index contributed by atoms with van der Waals surface area (Å²) in [6, 6.07) is 13.2. The molecule has 0 spiro atoms. The number of nitrogens with one attached hydrogen (secondary N) is 2. The van der Waals surface area contributed by atoms with E-state index in [1.807, 2.05) is 43.6 Å². The Labute approximate surface area is 196 Å². The molecule has 1 atom stereocenters. The minimum absolute atomic E-state index is 0.124. The molecule has 0 saturated carbocycles. The fourth-order valence-corrected chi connectivity index (χ4v) is 3.80. The molecular weight excluding hydrogens is 440 g/mol. The number of benzene rings is 2. The summed E-state index contributed by atoms with van der Waals surface area (Å²) in [6.45, 7) is 0. The molecule has 0 saturated heterocycles. The first-order valence-corrected chi connectivity index (χ1v) is 11.8. The van der Waals surface area contributed by atoms with Gasteiger partial charge in [0.15, 0.2) is 0 Å². The molecule has 2 aromatic carbocycles. The number of aryl methyl sites for hydroxylation is 1. The first-order valence-electron chi connectivity index (χ1n) is 10.4. The first kappa shape index (κ1) is 24.1. The zero-order valence-corrected chi connectivity index (χ0v) is 19.3. The average Bonchev–Trinajstić information content (AvgIpc) is 3.21. The molecule has 1 aromatic heterocycles. The number of imidazole rings is 1. The second-order valence-electron chi connectivity index (χ2n) is 7.53. The third-order valence-corrected chi connectivity index (χ3v) is 5.59. The zero-order valence-electron chi connectivity index (χ0n) is 18.4. The van der Waals surface area contributed by atoms with Crippen LogP contribution in [0.15, 0.2) is 61.1 Å². The summed E-state index contributed by atoms with van der Waals surface area (Å²) < 4.78 is 1.77. The van der Waals surface area contributed by atoms with Gasteiger partial charge in [0.05, 0.1) is 18.4 Å². The molecular formula is C24H26N4O4S. The van der Waals surface area contributed by atoms with Gasteiger partial charge in [0.2, 0.25) is 5.91 Å². The van der Waals surface area contributed by atoms with Crippen LogP contribution in [-0.4, -0.2) is 50.5 Å². The maximum absolute atomic E-state index is 13.0. The number of amides is 2. The predicted octanol–water partition coefficient (Wildman–Crippen LogP) is 3.20. The van der Waals surface area contributed by atoms with Crippen LogP contribution in [-0.2, 0) is 23.1 Å². The van der Waals surface area contributed by atoms with Gasteiger partial charge in [-0.2, -0.15) is 11.8 Å². The van der Waals surface area contributed by atoms with Crippen LogP contribution in [0, 0.1) is 0 Å². The van der Waals surface area contributed by atoms with Gasteiger partial charge in [-0.25, -0.2) is 9.78 Å². The molecule has 0 aliphatic rings. The summed E-state index contributed by atoms with van der Waals surface area (Å²) in [7, 11) is 1.83. The van der Waals surface area contributed by atoms with E-state index >= 15 is 0 Å². The molecule has 3 N–H and O–H groups in total. The quantitative estimate of drug-likeness (QED) is 0.423. The lowest BCUT2D eigenvalue weighted by molar-refractivity contribution is -0.139.